The maximum absolute atomic E-state index is 12.7. The van der Waals surface area contributed by atoms with Crippen LogP contribution in [0.1, 0.15) is 38.2 Å². The molecular weight excluding hydrogens is 238 g/mol. The van der Waals surface area contributed by atoms with Crippen molar-refractivity contribution in [3.05, 3.63) is 30.1 Å². The molecule has 4 nitrogen and oxygen atoms in total. The number of nitrogens with zero attached hydrogens (tertiary/aromatic N) is 2. The van der Waals surface area contributed by atoms with Crippen molar-refractivity contribution < 1.29 is 4.79 Å². The van der Waals surface area contributed by atoms with Crippen molar-refractivity contribution in [2.45, 2.75) is 38.6 Å². The van der Waals surface area contributed by atoms with E-state index in [4.69, 9.17) is 0 Å². The number of hydrogen-bond acceptors (Lipinski definition) is 3. The number of pyridine rings is 1. The molecule has 1 saturated heterocycles. The highest BCUT2D eigenvalue weighted by atomic mass is 16.2. The summed E-state index contributed by atoms with van der Waals surface area (Å²) in [5.41, 5.74) is 1.000. The van der Waals surface area contributed by atoms with Gasteiger partial charge in [0, 0.05) is 31.5 Å². The molecule has 1 aromatic rings. The van der Waals surface area contributed by atoms with Crippen LogP contribution < -0.4 is 5.32 Å². The summed E-state index contributed by atoms with van der Waals surface area (Å²) >= 11 is 0. The van der Waals surface area contributed by atoms with Crippen molar-refractivity contribution in [3.63, 3.8) is 0 Å². The van der Waals surface area contributed by atoms with Gasteiger partial charge in [-0.25, -0.2) is 0 Å². The van der Waals surface area contributed by atoms with E-state index in [0.29, 0.717) is 6.04 Å². The number of carbonyl (C=O) groups is 1. The van der Waals surface area contributed by atoms with Crippen LogP contribution in [0.25, 0.3) is 0 Å². The van der Waals surface area contributed by atoms with Crippen molar-refractivity contribution in [1.82, 2.24) is 15.2 Å². The van der Waals surface area contributed by atoms with E-state index in [-0.39, 0.29) is 11.8 Å². The lowest BCUT2D eigenvalue weighted by molar-refractivity contribution is -0.134. The number of nitrogens with one attached hydrogen (secondary N) is 1. The minimum absolute atomic E-state index is 0.110. The second-order valence-electron chi connectivity index (χ2n) is 5.19. The topological polar surface area (TPSA) is 45.2 Å². The average molecular weight is 261 g/mol. The first-order valence-electron chi connectivity index (χ1n) is 7.15. The molecule has 0 aliphatic carbocycles. The Morgan fingerprint density at radius 3 is 3.05 bits per heavy atom. The van der Waals surface area contributed by atoms with Crippen LogP contribution in [0.15, 0.2) is 24.5 Å². The van der Waals surface area contributed by atoms with Crippen molar-refractivity contribution in [2.24, 2.45) is 0 Å². The molecule has 0 saturated carbocycles. The predicted octanol–water partition coefficient (Wildman–Crippen LogP) is 1.79. The molecule has 104 valence electrons. The summed E-state index contributed by atoms with van der Waals surface area (Å²) in [7, 11) is 0. The molecule has 0 bridgehead atoms. The van der Waals surface area contributed by atoms with Gasteiger partial charge in [-0.15, -0.1) is 0 Å². The number of aromatic nitrogens is 1. The Kier molecular flexibility index (Phi) is 4.91. The summed E-state index contributed by atoms with van der Waals surface area (Å²) in [5.74, 6) is 0.115. The van der Waals surface area contributed by atoms with Gasteiger partial charge >= 0.3 is 0 Å². The minimum Gasteiger partial charge on any atom is -0.338 e. The number of amides is 1. The van der Waals surface area contributed by atoms with E-state index >= 15 is 0 Å². The lowest BCUT2D eigenvalue weighted by Gasteiger charge is -2.30. The SMILES string of the molecule is CCCN(C(=O)C(C)c1cccnc1)C1CCNC1. The van der Waals surface area contributed by atoms with E-state index in [1.165, 1.54) is 0 Å². The smallest absolute Gasteiger partial charge is 0.230 e. The standard InChI is InChI=1S/C15H23N3O/c1-3-9-18(14-6-8-17-11-14)15(19)12(2)13-5-4-7-16-10-13/h4-5,7,10,12,14,17H,3,6,8-9,11H2,1-2H3. The van der Waals surface area contributed by atoms with Crippen LogP contribution in [0.4, 0.5) is 0 Å². The summed E-state index contributed by atoms with van der Waals surface area (Å²) in [4.78, 5) is 18.9. The molecule has 0 aromatic carbocycles. The second-order valence-corrected chi connectivity index (χ2v) is 5.19. The second kappa shape index (κ2) is 6.66. The van der Waals surface area contributed by atoms with Crippen molar-refractivity contribution >= 4 is 5.91 Å². The highest BCUT2D eigenvalue weighted by Crippen LogP contribution is 2.20. The lowest BCUT2D eigenvalue weighted by atomic mass is 10.0. The van der Waals surface area contributed by atoms with Gasteiger partial charge < -0.3 is 10.2 Å². The lowest BCUT2D eigenvalue weighted by Crippen LogP contribution is -2.44. The van der Waals surface area contributed by atoms with Gasteiger partial charge in [-0.05, 0) is 37.9 Å². The van der Waals surface area contributed by atoms with E-state index in [9.17, 15) is 4.79 Å². The molecule has 2 heterocycles. The molecule has 4 heteroatoms. The number of rotatable bonds is 5. The number of carbonyl (C=O) groups excluding carboxylic acids is 1. The van der Waals surface area contributed by atoms with Gasteiger partial charge in [-0.2, -0.15) is 0 Å². The third kappa shape index (κ3) is 3.32. The molecule has 1 aromatic heterocycles. The molecule has 2 atom stereocenters. The fraction of sp³-hybridized carbons (Fsp3) is 0.600. The maximum Gasteiger partial charge on any atom is 0.230 e. The third-order valence-corrected chi connectivity index (χ3v) is 3.78. The summed E-state index contributed by atoms with van der Waals surface area (Å²) in [6, 6.07) is 4.22. The van der Waals surface area contributed by atoms with Gasteiger partial charge in [0.1, 0.15) is 0 Å². The van der Waals surface area contributed by atoms with Crippen LogP contribution in [0.2, 0.25) is 0 Å². The monoisotopic (exact) mass is 261 g/mol. The van der Waals surface area contributed by atoms with Crippen LogP contribution >= 0.6 is 0 Å². The third-order valence-electron chi connectivity index (χ3n) is 3.78. The zero-order valence-electron chi connectivity index (χ0n) is 11.8. The largest absolute Gasteiger partial charge is 0.338 e. The zero-order chi connectivity index (χ0) is 13.7. The Bertz CT molecular complexity index is 401. The van der Waals surface area contributed by atoms with Gasteiger partial charge in [-0.3, -0.25) is 9.78 Å². The van der Waals surface area contributed by atoms with E-state index in [1.54, 1.807) is 12.4 Å². The molecule has 1 fully saturated rings. The van der Waals surface area contributed by atoms with Gasteiger partial charge in [0.2, 0.25) is 5.91 Å². The van der Waals surface area contributed by atoms with E-state index < -0.39 is 0 Å². The first-order valence-corrected chi connectivity index (χ1v) is 7.15. The molecular formula is C15H23N3O. The molecule has 1 amide bonds. The first-order chi connectivity index (χ1) is 9.24. The van der Waals surface area contributed by atoms with E-state index in [0.717, 1.165) is 38.0 Å². The zero-order valence-corrected chi connectivity index (χ0v) is 11.8. The number of hydrogen-bond donors (Lipinski definition) is 1. The fourth-order valence-electron chi connectivity index (χ4n) is 2.64. The minimum atomic E-state index is -0.110. The van der Waals surface area contributed by atoms with Crippen LogP contribution in [0.3, 0.4) is 0 Å². The molecule has 1 aliphatic rings. The summed E-state index contributed by atoms with van der Waals surface area (Å²) in [6.07, 6.45) is 5.60. The Hall–Kier alpha value is -1.42. The molecule has 2 unspecified atom stereocenters. The Morgan fingerprint density at radius 1 is 1.63 bits per heavy atom. The molecule has 19 heavy (non-hydrogen) atoms. The molecule has 1 N–H and O–H groups in total. The highest BCUT2D eigenvalue weighted by molar-refractivity contribution is 5.83. The van der Waals surface area contributed by atoms with E-state index in [2.05, 4.69) is 22.1 Å². The van der Waals surface area contributed by atoms with Crippen molar-refractivity contribution in [1.29, 1.82) is 0 Å². The van der Waals surface area contributed by atoms with Gasteiger partial charge in [0.05, 0.1) is 5.92 Å². The van der Waals surface area contributed by atoms with Crippen LogP contribution in [-0.4, -0.2) is 41.5 Å². The Labute approximate surface area is 115 Å². The maximum atomic E-state index is 12.7. The van der Waals surface area contributed by atoms with Gasteiger partial charge in [0.15, 0.2) is 0 Å². The summed E-state index contributed by atoms with van der Waals surface area (Å²) in [6.45, 7) is 6.88. The Morgan fingerprint density at radius 2 is 2.47 bits per heavy atom. The molecule has 0 radical (unpaired) electrons. The predicted molar refractivity (Wildman–Crippen MR) is 75.9 cm³/mol. The normalized spacial score (nSPS) is 20.2. The van der Waals surface area contributed by atoms with E-state index in [1.807, 2.05) is 19.1 Å². The van der Waals surface area contributed by atoms with Crippen molar-refractivity contribution in [3.8, 4) is 0 Å². The highest BCUT2D eigenvalue weighted by Gasteiger charge is 2.29. The molecule has 2 rings (SSSR count). The van der Waals surface area contributed by atoms with Crippen LogP contribution in [0, 0.1) is 0 Å². The average Bonchev–Trinajstić information content (AvgIpc) is 2.98. The first kappa shape index (κ1) is 14.0. The summed E-state index contributed by atoms with van der Waals surface area (Å²) in [5, 5.41) is 3.34. The summed E-state index contributed by atoms with van der Waals surface area (Å²) < 4.78 is 0. The van der Waals surface area contributed by atoms with Crippen molar-refractivity contribution in [2.75, 3.05) is 19.6 Å². The molecule has 0 spiro atoms. The molecule has 1 aliphatic heterocycles. The van der Waals surface area contributed by atoms with Crippen LogP contribution in [0.5, 0.6) is 0 Å². The van der Waals surface area contributed by atoms with Crippen LogP contribution in [-0.2, 0) is 4.79 Å². The van der Waals surface area contributed by atoms with Gasteiger partial charge in [-0.1, -0.05) is 13.0 Å². The Balaban J connectivity index is 2.10. The van der Waals surface area contributed by atoms with Gasteiger partial charge in [0.25, 0.3) is 0 Å². The fourth-order valence-corrected chi connectivity index (χ4v) is 2.64. The quantitative estimate of drug-likeness (QED) is 0.879.